The summed E-state index contributed by atoms with van der Waals surface area (Å²) in [6.07, 6.45) is 1.79. The van der Waals surface area contributed by atoms with Gasteiger partial charge in [-0.3, -0.25) is 10.1 Å². The van der Waals surface area contributed by atoms with Gasteiger partial charge in [0.05, 0.1) is 12.5 Å². The fourth-order valence-electron chi connectivity index (χ4n) is 3.63. The fourth-order valence-corrected chi connectivity index (χ4v) is 3.63. The Bertz CT molecular complexity index is 1150. The number of nitrogens with zero attached hydrogens (tertiary/aromatic N) is 3. The molecule has 3 aromatic carbocycles. The molecule has 1 atom stereocenters. The Hall–Kier alpha value is -3.67. The number of fused-ring (bicyclic) bond motifs is 2. The van der Waals surface area contributed by atoms with Gasteiger partial charge < -0.3 is 4.74 Å². The van der Waals surface area contributed by atoms with E-state index in [0.29, 0.717) is 19.0 Å². The summed E-state index contributed by atoms with van der Waals surface area (Å²) in [6.45, 7) is 0.500. The van der Waals surface area contributed by atoms with Crippen molar-refractivity contribution in [2.75, 3.05) is 5.32 Å². The Morgan fingerprint density at radius 3 is 2.75 bits per heavy atom. The summed E-state index contributed by atoms with van der Waals surface area (Å²) in [5.41, 5.74) is 2.15. The highest BCUT2D eigenvalue weighted by Gasteiger charge is 2.27. The zero-order valence-corrected chi connectivity index (χ0v) is 15.1. The topological polar surface area (TPSA) is 69.0 Å². The first-order chi connectivity index (χ1) is 13.8. The van der Waals surface area contributed by atoms with E-state index in [1.165, 1.54) is 17.1 Å². The Morgan fingerprint density at radius 1 is 1.04 bits per heavy atom. The number of aromatic nitrogens is 3. The fraction of sp³-hybridized carbons (Fsp3) is 0.136. The predicted octanol–water partition coefficient (Wildman–Crippen LogP) is 3.94. The molecule has 1 aromatic heterocycles. The molecule has 138 valence electrons. The number of hydrogen-bond donors (Lipinski definition) is 1. The molecule has 6 heteroatoms. The van der Waals surface area contributed by atoms with Crippen LogP contribution >= 0.6 is 0 Å². The lowest BCUT2D eigenvalue weighted by atomic mass is 10.0. The van der Waals surface area contributed by atoms with Crippen LogP contribution in [0.5, 0.6) is 5.75 Å². The molecule has 4 aromatic rings. The molecule has 5 rings (SSSR count). The van der Waals surface area contributed by atoms with E-state index in [9.17, 15) is 4.79 Å². The lowest BCUT2D eigenvalue weighted by Gasteiger charge is -2.23. The SMILES string of the molecule is O=C1CC(c2ccc(OCc3cccc4ccccc34)cc2)n2ncnc2N1. The normalized spacial score (nSPS) is 15.9. The van der Waals surface area contributed by atoms with Crippen LogP contribution in [-0.4, -0.2) is 20.7 Å². The maximum Gasteiger partial charge on any atom is 0.229 e. The van der Waals surface area contributed by atoms with E-state index < -0.39 is 0 Å². The van der Waals surface area contributed by atoms with Gasteiger partial charge in [0, 0.05) is 0 Å². The van der Waals surface area contributed by atoms with E-state index >= 15 is 0 Å². The van der Waals surface area contributed by atoms with Crippen LogP contribution in [0.3, 0.4) is 0 Å². The molecule has 0 aliphatic carbocycles. The first-order valence-electron chi connectivity index (χ1n) is 9.17. The predicted molar refractivity (Wildman–Crippen MR) is 106 cm³/mol. The summed E-state index contributed by atoms with van der Waals surface area (Å²) < 4.78 is 7.75. The van der Waals surface area contributed by atoms with Crippen molar-refractivity contribution in [3.63, 3.8) is 0 Å². The molecule has 1 aliphatic heterocycles. The third-order valence-electron chi connectivity index (χ3n) is 5.04. The van der Waals surface area contributed by atoms with Gasteiger partial charge in [0.15, 0.2) is 0 Å². The zero-order chi connectivity index (χ0) is 18.9. The molecule has 6 nitrogen and oxygen atoms in total. The number of amides is 1. The summed E-state index contributed by atoms with van der Waals surface area (Å²) in [5.74, 6) is 1.22. The van der Waals surface area contributed by atoms with Gasteiger partial charge in [-0.25, -0.2) is 4.68 Å². The molecule has 0 spiro atoms. The molecular formula is C22H18N4O2. The molecular weight excluding hydrogens is 352 g/mol. The van der Waals surface area contributed by atoms with Crippen LogP contribution in [0.4, 0.5) is 5.95 Å². The van der Waals surface area contributed by atoms with Crippen molar-refractivity contribution in [2.45, 2.75) is 19.1 Å². The van der Waals surface area contributed by atoms with Crippen molar-refractivity contribution < 1.29 is 9.53 Å². The van der Waals surface area contributed by atoms with Gasteiger partial charge in [0.1, 0.15) is 18.7 Å². The van der Waals surface area contributed by atoms with E-state index in [0.717, 1.165) is 16.9 Å². The largest absolute Gasteiger partial charge is 0.489 e. The Kier molecular flexibility index (Phi) is 4.01. The minimum absolute atomic E-state index is 0.0539. The molecule has 28 heavy (non-hydrogen) atoms. The monoisotopic (exact) mass is 370 g/mol. The van der Waals surface area contributed by atoms with E-state index in [-0.39, 0.29) is 11.9 Å². The molecule has 0 radical (unpaired) electrons. The van der Waals surface area contributed by atoms with Crippen molar-refractivity contribution in [3.8, 4) is 5.75 Å². The standard InChI is InChI=1S/C22H18N4O2/c27-21-12-20(26-22(25-21)23-14-24-26)16-8-10-18(11-9-16)28-13-17-6-3-5-15-4-1-2-7-19(15)17/h1-11,14,20H,12-13H2,(H,23,24,25,27). The van der Waals surface area contributed by atoms with Crippen LogP contribution < -0.4 is 10.1 Å². The third-order valence-corrected chi connectivity index (χ3v) is 5.04. The minimum atomic E-state index is -0.154. The zero-order valence-electron chi connectivity index (χ0n) is 15.1. The first-order valence-corrected chi connectivity index (χ1v) is 9.17. The van der Waals surface area contributed by atoms with E-state index in [1.807, 2.05) is 42.5 Å². The van der Waals surface area contributed by atoms with Crippen molar-refractivity contribution >= 4 is 22.6 Å². The van der Waals surface area contributed by atoms with E-state index in [1.54, 1.807) is 4.68 Å². The molecule has 1 unspecified atom stereocenters. The summed E-state index contributed by atoms with van der Waals surface area (Å²) in [5, 5.41) is 9.37. The summed E-state index contributed by atoms with van der Waals surface area (Å²) >= 11 is 0. The molecule has 0 saturated heterocycles. The Labute approximate surface area is 161 Å². The van der Waals surface area contributed by atoms with Crippen LogP contribution in [0.15, 0.2) is 73.1 Å². The highest BCUT2D eigenvalue weighted by Crippen LogP contribution is 2.29. The summed E-state index contributed by atoms with van der Waals surface area (Å²) in [4.78, 5) is 16.0. The second-order valence-corrected chi connectivity index (χ2v) is 6.79. The highest BCUT2D eigenvalue weighted by atomic mass is 16.5. The highest BCUT2D eigenvalue weighted by molar-refractivity contribution is 5.91. The number of hydrogen-bond acceptors (Lipinski definition) is 4. The second kappa shape index (κ2) is 6.81. The van der Waals surface area contributed by atoms with Crippen LogP contribution in [0.1, 0.15) is 23.6 Å². The summed E-state index contributed by atoms with van der Waals surface area (Å²) in [7, 11) is 0. The molecule has 1 amide bonds. The number of rotatable bonds is 4. The van der Waals surface area contributed by atoms with Gasteiger partial charge in [0.2, 0.25) is 11.9 Å². The van der Waals surface area contributed by atoms with Crippen LogP contribution in [0.25, 0.3) is 10.8 Å². The lowest BCUT2D eigenvalue weighted by Crippen LogP contribution is -2.29. The average molecular weight is 370 g/mol. The van der Waals surface area contributed by atoms with Crippen LogP contribution in [0.2, 0.25) is 0 Å². The first kappa shape index (κ1) is 16.5. The smallest absolute Gasteiger partial charge is 0.229 e. The van der Waals surface area contributed by atoms with Gasteiger partial charge in [-0.1, -0.05) is 54.6 Å². The quantitative estimate of drug-likeness (QED) is 0.591. The van der Waals surface area contributed by atoms with Gasteiger partial charge in [-0.2, -0.15) is 10.1 Å². The Morgan fingerprint density at radius 2 is 1.86 bits per heavy atom. The average Bonchev–Trinajstić information content (AvgIpc) is 3.20. The van der Waals surface area contributed by atoms with Gasteiger partial charge >= 0.3 is 0 Å². The maximum absolute atomic E-state index is 11.9. The van der Waals surface area contributed by atoms with E-state index in [4.69, 9.17) is 4.74 Å². The molecule has 0 fully saturated rings. The summed E-state index contributed by atoms with van der Waals surface area (Å²) in [6, 6.07) is 22.2. The lowest BCUT2D eigenvalue weighted by molar-refractivity contribution is -0.117. The van der Waals surface area contributed by atoms with Gasteiger partial charge in [-0.15, -0.1) is 0 Å². The molecule has 0 bridgehead atoms. The molecule has 2 heterocycles. The number of ether oxygens (including phenoxy) is 1. The number of carbonyl (C=O) groups excluding carboxylic acids is 1. The molecule has 1 N–H and O–H groups in total. The van der Waals surface area contributed by atoms with Crippen molar-refractivity contribution in [3.05, 3.63) is 84.2 Å². The van der Waals surface area contributed by atoms with Crippen molar-refractivity contribution in [1.82, 2.24) is 14.8 Å². The second-order valence-electron chi connectivity index (χ2n) is 6.79. The maximum atomic E-state index is 11.9. The minimum Gasteiger partial charge on any atom is -0.489 e. The van der Waals surface area contributed by atoms with Gasteiger partial charge in [0.25, 0.3) is 0 Å². The van der Waals surface area contributed by atoms with Crippen LogP contribution in [-0.2, 0) is 11.4 Å². The van der Waals surface area contributed by atoms with E-state index in [2.05, 4.69) is 39.7 Å². The molecule has 1 aliphatic rings. The van der Waals surface area contributed by atoms with Gasteiger partial charge in [-0.05, 0) is 34.0 Å². The number of anilines is 1. The third kappa shape index (κ3) is 2.99. The van der Waals surface area contributed by atoms with Crippen molar-refractivity contribution in [2.24, 2.45) is 0 Å². The molecule has 0 saturated carbocycles. The van der Waals surface area contributed by atoms with Crippen LogP contribution in [0, 0.1) is 0 Å². The van der Waals surface area contributed by atoms with Crippen molar-refractivity contribution in [1.29, 1.82) is 0 Å². The number of carbonyl (C=O) groups is 1. The Balaban J connectivity index is 1.34. The number of benzene rings is 3. The number of nitrogens with one attached hydrogen (secondary N) is 1.